The summed E-state index contributed by atoms with van der Waals surface area (Å²) in [5, 5.41) is 0. The Morgan fingerprint density at radius 1 is 1.27 bits per heavy atom. The van der Waals surface area contributed by atoms with Crippen LogP contribution in [0, 0.1) is 0 Å². The first-order valence-corrected chi connectivity index (χ1v) is 3.14. The lowest BCUT2D eigenvalue weighted by molar-refractivity contribution is -0.103. The molecule has 0 aliphatic rings. The normalized spacial score (nSPS) is 8.36. The van der Waals surface area contributed by atoms with Crippen LogP contribution in [0.2, 0.25) is 0 Å². The topological polar surface area (TPSA) is 34.1 Å². The van der Waals surface area contributed by atoms with Crippen LogP contribution in [0.4, 0.5) is 0 Å². The third-order valence-electron chi connectivity index (χ3n) is 1.31. The van der Waals surface area contributed by atoms with E-state index in [1.54, 1.807) is 30.2 Å². The van der Waals surface area contributed by atoms with Crippen molar-refractivity contribution in [1.82, 2.24) is 0 Å². The van der Waals surface area contributed by atoms with Crippen LogP contribution >= 0.6 is 0 Å². The number of hydrogen-bond acceptors (Lipinski definition) is 2. The molecule has 0 radical (unpaired) electrons. The number of carbonyl (C=O) groups excluding carboxylic acids is 2. The Morgan fingerprint density at radius 2 is 1.91 bits per heavy atom. The maximum absolute atomic E-state index is 10.2. The molecule has 0 atom stereocenters. The molecule has 0 saturated heterocycles. The number of hydrogen-bond donors (Lipinski definition) is 0. The molecule has 1 aromatic rings. The van der Waals surface area contributed by atoms with E-state index in [1.807, 2.05) is 6.07 Å². The minimum atomic E-state index is 0.0607. The van der Waals surface area contributed by atoms with E-state index >= 15 is 0 Å². The molecule has 0 amide bonds. The van der Waals surface area contributed by atoms with Gasteiger partial charge in [-0.1, -0.05) is 30.3 Å². The number of benzene rings is 1. The van der Waals surface area contributed by atoms with Crippen LogP contribution in [0.1, 0.15) is 5.56 Å². The molecule has 0 aliphatic carbocycles. The molecule has 0 aromatic heterocycles. The van der Waals surface area contributed by atoms with Crippen molar-refractivity contribution >= 4 is 17.8 Å². The van der Waals surface area contributed by atoms with Crippen molar-refractivity contribution in [3.05, 3.63) is 35.9 Å². The fourth-order valence-electron chi connectivity index (χ4n) is 0.769. The Morgan fingerprint density at radius 3 is 2.36 bits per heavy atom. The number of aldehydes is 1. The van der Waals surface area contributed by atoms with Gasteiger partial charge in [0, 0.05) is 0 Å². The SMILES string of the molecule is O=C=C(C=O)c1ccccc1. The number of carbonyl (C=O) groups is 1. The van der Waals surface area contributed by atoms with E-state index < -0.39 is 0 Å². The number of rotatable bonds is 2. The fourth-order valence-corrected chi connectivity index (χ4v) is 0.769. The van der Waals surface area contributed by atoms with Crippen LogP contribution in [-0.2, 0) is 9.59 Å². The third kappa shape index (κ3) is 1.63. The van der Waals surface area contributed by atoms with Crippen LogP contribution < -0.4 is 0 Å². The molecule has 0 unspecified atom stereocenters. The highest BCUT2D eigenvalue weighted by Crippen LogP contribution is 2.06. The molecule has 2 heteroatoms. The van der Waals surface area contributed by atoms with Gasteiger partial charge in [0.2, 0.25) is 0 Å². The molecule has 0 spiro atoms. The fraction of sp³-hybridized carbons (Fsp3) is 0. The average Bonchev–Trinajstić information content (AvgIpc) is 2.09. The molecule has 2 nitrogen and oxygen atoms in total. The molecule has 0 bridgehead atoms. The molecule has 54 valence electrons. The lowest BCUT2D eigenvalue weighted by Crippen LogP contribution is -1.84. The van der Waals surface area contributed by atoms with Crippen LogP contribution in [0.5, 0.6) is 0 Å². The Bertz CT molecular complexity index is 295. The second kappa shape index (κ2) is 3.49. The Hall–Kier alpha value is -1.66. The standard InChI is InChI=1S/C9H6O2/c10-6-9(7-11)8-4-2-1-3-5-8/h1-6H. The maximum atomic E-state index is 10.2. The van der Waals surface area contributed by atoms with Gasteiger partial charge in [0.25, 0.3) is 0 Å². The van der Waals surface area contributed by atoms with E-state index in [-0.39, 0.29) is 5.57 Å². The van der Waals surface area contributed by atoms with Crippen molar-refractivity contribution in [3.63, 3.8) is 0 Å². The molecule has 0 N–H and O–H groups in total. The average molecular weight is 146 g/mol. The second-order valence-corrected chi connectivity index (χ2v) is 2.00. The van der Waals surface area contributed by atoms with Gasteiger partial charge in [0.05, 0.1) is 0 Å². The van der Waals surface area contributed by atoms with E-state index in [2.05, 4.69) is 0 Å². The summed E-state index contributed by atoms with van der Waals surface area (Å²) in [5.74, 6) is 1.57. The Labute approximate surface area is 64.2 Å². The van der Waals surface area contributed by atoms with Gasteiger partial charge in [0.15, 0.2) is 6.29 Å². The van der Waals surface area contributed by atoms with E-state index in [4.69, 9.17) is 0 Å². The summed E-state index contributed by atoms with van der Waals surface area (Å²) < 4.78 is 0. The highest BCUT2D eigenvalue weighted by atomic mass is 16.1. The van der Waals surface area contributed by atoms with Crippen molar-refractivity contribution in [2.24, 2.45) is 0 Å². The molecular formula is C9H6O2. The van der Waals surface area contributed by atoms with E-state index in [0.717, 1.165) is 0 Å². The smallest absolute Gasteiger partial charge is 0.161 e. The van der Waals surface area contributed by atoms with E-state index in [9.17, 15) is 9.59 Å². The lowest BCUT2D eigenvalue weighted by atomic mass is 10.1. The van der Waals surface area contributed by atoms with Crippen molar-refractivity contribution in [2.45, 2.75) is 0 Å². The molecule has 0 aliphatic heterocycles. The van der Waals surface area contributed by atoms with Gasteiger partial charge in [-0.3, -0.25) is 4.79 Å². The Kier molecular flexibility index (Phi) is 2.37. The molecule has 0 fully saturated rings. The highest BCUT2D eigenvalue weighted by molar-refractivity contribution is 6.17. The molecule has 0 saturated carbocycles. The Balaban J connectivity index is 3.11. The highest BCUT2D eigenvalue weighted by Gasteiger charge is 1.97. The largest absolute Gasteiger partial charge is 0.297 e. The zero-order chi connectivity index (χ0) is 8.10. The molecule has 11 heavy (non-hydrogen) atoms. The molecule has 1 rings (SSSR count). The number of allylic oxidation sites excluding steroid dienone is 1. The first-order chi connectivity index (χ1) is 5.38. The zero-order valence-corrected chi connectivity index (χ0v) is 5.78. The van der Waals surface area contributed by atoms with Crippen molar-refractivity contribution in [1.29, 1.82) is 0 Å². The predicted octanol–water partition coefficient (Wildman–Crippen LogP) is 1.10. The lowest BCUT2D eigenvalue weighted by Gasteiger charge is -1.91. The van der Waals surface area contributed by atoms with Crippen molar-refractivity contribution in [3.8, 4) is 0 Å². The first-order valence-electron chi connectivity index (χ1n) is 3.14. The molecular weight excluding hydrogens is 140 g/mol. The third-order valence-corrected chi connectivity index (χ3v) is 1.31. The van der Waals surface area contributed by atoms with Gasteiger partial charge in [0.1, 0.15) is 11.5 Å². The van der Waals surface area contributed by atoms with Gasteiger partial charge in [-0.05, 0) is 5.56 Å². The van der Waals surface area contributed by atoms with Crippen LogP contribution in [0.3, 0.4) is 0 Å². The van der Waals surface area contributed by atoms with Gasteiger partial charge < -0.3 is 0 Å². The molecule has 1 aromatic carbocycles. The van der Waals surface area contributed by atoms with Crippen LogP contribution in [-0.4, -0.2) is 12.2 Å². The van der Waals surface area contributed by atoms with Gasteiger partial charge >= 0.3 is 0 Å². The van der Waals surface area contributed by atoms with Crippen molar-refractivity contribution < 1.29 is 9.59 Å². The summed E-state index contributed by atoms with van der Waals surface area (Å²) in [5.41, 5.74) is 0.670. The summed E-state index contributed by atoms with van der Waals surface area (Å²) in [6.45, 7) is 0. The quantitative estimate of drug-likeness (QED) is 0.355. The summed E-state index contributed by atoms with van der Waals surface area (Å²) in [6.07, 6.45) is 0.502. The predicted molar refractivity (Wildman–Crippen MR) is 41.6 cm³/mol. The molecule has 0 heterocycles. The first kappa shape index (κ1) is 7.45. The van der Waals surface area contributed by atoms with Crippen molar-refractivity contribution in [2.75, 3.05) is 0 Å². The maximum Gasteiger partial charge on any atom is 0.161 e. The monoisotopic (exact) mass is 146 g/mol. The van der Waals surface area contributed by atoms with Gasteiger partial charge in [-0.2, -0.15) is 0 Å². The van der Waals surface area contributed by atoms with E-state index in [0.29, 0.717) is 11.8 Å². The van der Waals surface area contributed by atoms with Gasteiger partial charge in [-0.25, -0.2) is 4.79 Å². The minimum absolute atomic E-state index is 0.0607. The van der Waals surface area contributed by atoms with Crippen LogP contribution in [0.25, 0.3) is 5.57 Å². The summed E-state index contributed by atoms with van der Waals surface area (Å²) >= 11 is 0. The second-order valence-electron chi connectivity index (χ2n) is 2.00. The van der Waals surface area contributed by atoms with Gasteiger partial charge in [-0.15, -0.1) is 0 Å². The van der Waals surface area contributed by atoms with Crippen LogP contribution in [0.15, 0.2) is 30.3 Å². The minimum Gasteiger partial charge on any atom is -0.297 e. The summed E-state index contributed by atoms with van der Waals surface area (Å²) in [6, 6.07) is 8.71. The van der Waals surface area contributed by atoms with E-state index in [1.165, 1.54) is 0 Å². The zero-order valence-electron chi connectivity index (χ0n) is 5.78. The summed E-state index contributed by atoms with van der Waals surface area (Å²) in [4.78, 5) is 20.4. The summed E-state index contributed by atoms with van der Waals surface area (Å²) in [7, 11) is 0.